The third-order valence-electron chi connectivity index (χ3n) is 6.70. The molecule has 2 aromatic rings. The van der Waals surface area contributed by atoms with Gasteiger partial charge in [-0.15, -0.1) is 6.42 Å². The fourth-order valence-electron chi connectivity index (χ4n) is 5.03. The van der Waals surface area contributed by atoms with Gasteiger partial charge in [0.15, 0.2) is 23.2 Å². The summed E-state index contributed by atoms with van der Waals surface area (Å²) in [4.78, 5) is 13.3. The van der Waals surface area contributed by atoms with E-state index in [1.807, 2.05) is 0 Å². The summed E-state index contributed by atoms with van der Waals surface area (Å²) < 4.78 is 12.8. The van der Waals surface area contributed by atoms with Crippen LogP contribution in [0.5, 0.6) is 0 Å². The number of anilines is 1. The first-order valence-corrected chi connectivity index (χ1v) is 10.1. The first kappa shape index (κ1) is 18.8. The molecular formula is C20H25N5O4. The van der Waals surface area contributed by atoms with Crippen molar-refractivity contribution in [2.24, 2.45) is 5.92 Å². The van der Waals surface area contributed by atoms with Gasteiger partial charge >= 0.3 is 0 Å². The molecule has 0 spiro atoms. The van der Waals surface area contributed by atoms with Gasteiger partial charge in [0.05, 0.1) is 12.9 Å². The van der Waals surface area contributed by atoms with E-state index >= 15 is 0 Å². The van der Waals surface area contributed by atoms with Crippen LogP contribution >= 0.6 is 0 Å². The lowest BCUT2D eigenvalue weighted by molar-refractivity contribution is -0.0615. The lowest BCUT2D eigenvalue weighted by atomic mass is 9.69. The zero-order valence-corrected chi connectivity index (χ0v) is 16.1. The molecule has 2 saturated carbocycles. The molecule has 3 heterocycles. The number of imidazole rings is 1. The number of hydrogen-bond acceptors (Lipinski definition) is 8. The third kappa shape index (κ3) is 2.99. The number of hydrogen-bond donors (Lipinski definition) is 3. The third-order valence-corrected chi connectivity index (χ3v) is 6.70. The SMILES string of the molecule is C#CCOC[C@H]1O[C@@H](n2cnc3c(NC45CCCC4CC5)ncnc32)[C@H](O)[C@@H]1O. The van der Waals surface area contributed by atoms with E-state index in [1.54, 1.807) is 10.9 Å². The number of aliphatic hydroxyl groups excluding tert-OH is 2. The van der Waals surface area contributed by atoms with Crippen molar-refractivity contribution in [1.29, 1.82) is 0 Å². The molecule has 2 unspecified atom stereocenters. The molecule has 3 N–H and O–H groups in total. The smallest absolute Gasteiger partial charge is 0.167 e. The molecule has 29 heavy (non-hydrogen) atoms. The summed E-state index contributed by atoms with van der Waals surface area (Å²) in [5.74, 6) is 3.78. The number of fused-ring (bicyclic) bond motifs is 2. The van der Waals surface area contributed by atoms with Crippen LogP contribution in [0.2, 0.25) is 0 Å². The Hall–Kier alpha value is -2.25. The van der Waals surface area contributed by atoms with Gasteiger partial charge in [-0.1, -0.05) is 12.3 Å². The van der Waals surface area contributed by atoms with Crippen LogP contribution in [0.25, 0.3) is 11.2 Å². The molecule has 154 valence electrons. The summed E-state index contributed by atoms with van der Waals surface area (Å²) in [7, 11) is 0. The second-order valence-corrected chi connectivity index (χ2v) is 8.22. The number of nitrogens with one attached hydrogen (secondary N) is 1. The molecule has 0 aromatic carbocycles. The largest absolute Gasteiger partial charge is 0.387 e. The topological polar surface area (TPSA) is 115 Å². The number of aromatic nitrogens is 4. The van der Waals surface area contributed by atoms with Crippen LogP contribution in [0.15, 0.2) is 12.7 Å². The molecule has 0 radical (unpaired) electrons. The zero-order valence-electron chi connectivity index (χ0n) is 16.1. The van der Waals surface area contributed by atoms with Crippen molar-refractivity contribution in [3.05, 3.63) is 12.7 Å². The number of nitrogens with zero attached hydrogens (tertiary/aromatic N) is 4. The minimum atomic E-state index is -1.14. The average molecular weight is 399 g/mol. The molecule has 3 aliphatic rings. The van der Waals surface area contributed by atoms with Gasteiger partial charge in [-0.3, -0.25) is 4.57 Å². The summed E-state index contributed by atoms with van der Waals surface area (Å²) in [6.07, 6.45) is 10.6. The first-order valence-electron chi connectivity index (χ1n) is 10.1. The van der Waals surface area contributed by atoms with E-state index in [0.29, 0.717) is 22.9 Å². The Morgan fingerprint density at radius 3 is 2.93 bits per heavy atom. The highest BCUT2D eigenvalue weighted by molar-refractivity contribution is 5.83. The summed E-state index contributed by atoms with van der Waals surface area (Å²) in [6, 6.07) is 0. The number of aliphatic hydroxyl groups is 2. The predicted octanol–water partition coefficient (Wildman–Crippen LogP) is 0.840. The van der Waals surface area contributed by atoms with Crippen LogP contribution in [-0.2, 0) is 9.47 Å². The van der Waals surface area contributed by atoms with Gasteiger partial charge in [0.25, 0.3) is 0 Å². The van der Waals surface area contributed by atoms with Crippen molar-refractivity contribution in [3.8, 4) is 12.3 Å². The Kier molecular flexibility index (Phi) is 4.67. The molecule has 2 aliphatic carbocycles. The molecule has 5 rings (SSSR count). The molecule has 3 fully saturated rings. The summed E-state index contributed by atoms with van der Waals surface area (Å²) >= 11 is 0. The van der Waals surface area contributed by atoms with Crippen LogP contribution in [-0.4, -0.2) is 66.8 Å². The van der Waals surface area contributed by atoms with Crippen LogP contribution in [0.1, 0.15) is 38.3 Å². The van der Waals surface area contributed by atoms with Crippen LogP contribution in [0, 0.1) is 18.3 Å². The molecular weight excluding hydrogens is 374 g/mol. The molecule has 9 nitrogen and oxygen atoms in total. The maximum atomic E-state index is 10.5. The molecule has 0 bridgehead atoms. The monoisotopic (exact) mass is 399 g/mol. The maximum Gasteiger partial charge on any atom is 0.167 e. The van der Waals surface area contributed by atoms with Crippen LogP contribution < -0.4 is 5.32 Å². The van der Waals surface area contributed by atoms with Crippen molar-refractivity contribution < 1.29 is 19.7 Å². The lowest BCUT2D eigenvalue weighted by Crippen LogP contribution is -2.49. The van der Waals surface area contributed by atoms with Crippen molar-refractivity contribution in [2.45, 2.75) is 62.2 Å². The molecule has 1 saturated heterocycles. The van der Waals surface area contributed by atoms with Gasteiger partial charge in [0.2, 0.25) is 0 Å². The predicted molar refractivity (Wildman–Crippen MR) is 104 cm³/mol. The Balaban J connectivity index is 1.40. The fourth-order valence-corrected chi connectivity index (χ4v) is 5.03. The summed E-state index contributed by atoms with van der Waals surface area (Å²) in [5.41, 5.74) is 1.32. The number of rotatable bonds is 6. The number of terminal acetylenes is 1. The molecule has 2 aromatic heterocycles. The maximum absolute atomic E-state index is 10.5. The second-order valence-electron chi connectivity index (χ2n) is 8.22. The van der Waals surface area contributed by atoms with Crippen molar-refractivity contribution in [2.75, 3.05) is 18.5 Å². The molecule has 0 amide bonds. The molecule has 1 aliphatic heterocycles. The Morgan fingerprint density at radius 1 is 1.28 bits per heavy atom. The highest BCUT2D eigenvalue weighted by atomic mass is 16.6. The van der Waals surface area contributed by atoms with Gasteiger partial charge in [-0.2, -0.15) is 0 Å². The Morgan fingerprint density at radius 2 is 2.17 bits per heavy atom. The zero-order chi connectivity index (χ0) is 20.0. The fraction of sp³-hybridized carbons (Fsp3) is 0.650. The van der Waals surface area contributed by atoms with Crippen molar-refractivity contribution in [1.82, 2.24) is 19.5 Å². The molecule has 9 heteroatoms. The van der Waals surface area contributed by atoms with E-state index in [0.717, 1.165) is 12.8 Å². The Labute approximate surface area is 168 Å². The minimum absolute atomic E-state index is 0.0945. The van der Waals surface area contributed by atoms with Crippen molar-refractivity contribution >= 4 is 17.0 Å². The normalized spacial score (nSPS) is 36.0. The van der Waals surface area contributed by atoms with E-state index < -0.39 is 24.5 Å². The van der Waals surface area contributed by atoms with Crippen molar-refractivity contribution in [3.63, 3.8) is 0 Å². The van der Waals surface area contributed by atoms with E-state index in [1.165, 1.54) is 25.6 Å². The Bertz CT molecular complexity index is 943. The minimum Gasteiger partial charge on any atom is -0.387 e. The van der Waals surface area contributed by atoms with Gasteiger partial charge < -0.3 is 25.0 Å². The lowest BCUT2D eigenvalue weighted by Gasteiger charge is -2.46. The van der Waals surface area contributed by atoms with Crippen LogP contribution in [0.4, 0.5) is 5.82 Å². The highest BCUT2D eigenvalue weighted by Gasteiger charge is 2.50. The summed E-state index contributed by atoms with van der Waals surface area (Å²) in [6.45, 7) is 0.212. The van der Waals surface area contributed by atoms with Crippen LogP contribution in [0.3, 0.4) is 0 Å². The average Bonchev–Trinajstić information content (AvgIpc) is 3.34. The van der Waals surface area contributed by atoms with Gasteiger partial charge in [-0.25, -0.2) is 15.0 Å². The van der Waals surface area contributed by atoms with E-state index in [4.69, 9.17) is 15.9 Å². The standard InChI is InChI=1S/C20H25N5O4/c1-2-8-28-9-13-15(26)16(27)19(29-13)25-11-23-14-17(21-10-22-18(14)25)24-20-6-3-4-12(20)5-7-20/h1,10-13,15-16,19,26-27H,3-9H2,(H,21,22,24)/t12?,13-,15-,16-,19-,20?/m1/s1. The van der Waals surface area contributed by atoms with E-state index in [-0.39, 0.29) is 18.8 Å². The van der Waals surface area contributed by atoms with Gasteiger partial charge in [-0.05, 0) is 31.6 Å². The summed E-state index contributed by atoms with van der Waals surface area (Å²) in [5, 5.41) is 24.5. The molecule has 6 atom stereocenters. The second kappa shape index (κ2) is 7.22. The van der Waals surface area contributed by atoms with E-state index in [9.17, 15) is 10.2 Å². The van der Waals surface area contributed by atoms with Gasteiger partial charge in [0.1, 0.15) is 31.2 Å². The van der Waals surface area contributed by atoms with E-state index in [2.05, 4.69) is 26.2 Å². The number of ether oxygens (including phenoxy) is 2. The quantitative estimate of drug-likeness (QED) is 0.484. The highest BCUT2D eigenvalue weighted by Crippen LogP contribution is 2.52. The van der Waals surface area contributed by atoms with Gasteiger partial charge in [0, 0.05) is 5.54 Å². The first-order chi connectivity index (χ1) is 14.1.